The van der Waals surface area contributed by atoms with Crippen LogP contribution in [0.15, 0.2) is 41.1 Å². The largest absolute Gasteiger partial charge is 0.364 e. The van der Waals surface area contributed by atoms with Gasteiger partial charge in [-0.3, -0.25) is 4.79 Å². The molecule has 0 spiro atoms. The van der Waals surface area contributed by atoms with Crippen molar-refractivity contribution in [1.82, 2.24) is 4.90 Å². The Morgan fingerprint density at radius 2 is 1.96 bits per heavy atom. The lowest BCUT2D eigenvalue weighted by molar-refractivity contribution is 0.101. The lowest BCUT2D eigenvalue weighted by atomic mass is 9.99. The fourth-order valence-electron chi connectivity index (χ4n) is 3.96. The number of carbonyl (C=O) groups is 1. The van der Waals surface area contributed by atoms with E-state index in [1.165, 1.54) is 11.3 Å². The number of piperidine rings is 1. The molecule has 1 aliphatic heterocycles. The fraction of sp³-hybridized carbons (Fsp3) is 0.500. The zero-order valence-electron chi connectivity index (χ0n) is 16.4. The Morgan fingerprint density at radius 1 is 1.26 bits per heavy atom. The third-order valence-corrected chi connectivity index (χ3v) is 6.42. The molecule has 0 bridgehead atoms. The SMILES string of the molecule is CC(=O)c1ccc(N(Cc2ccsc2)C2CCN([C@H](C)CCN)CC2)cc1. The molecular formula is C22H31N3OS. The monoisotopic (exact) mass is 385 g/mol. The van der Waals surface area contributed by atoms with E-state index in [-0.39, 0.29) is 5.78 Å². The number of likely N-dealkylation sites (tertiary alicyclic amines) is 1. The molecule has 2 N–H and O–H groups in total. The first-order valence-corrected chi connectivity index (χ1v) is 10.9. The average Bonchev–Trinajstić information content (AvgIpc) is 3.20. The van der Waals surface area contributed by atoms with E-state index in [9.17, 15) is 4.79 Å². The Kier molecular flexibility index (Phi) is 7.05. The van der Waals surface area contributed by atoms with Crippen molar-refractivity contribution in [3.8, 4) is 0 Å². The highest BCUT2D eigenvalue weighted by Gasteiger charge is 2.27. The summed E-state index contributed by atoms with van der Waals surface area (Å²) in [4.78, 5) is 16.7. The maximum absolute atomic E-state index is 11.6. The normalized spacial score (nSPS) is 17.0. The molecule has 1 saturated heterocycles. The van der Waals surface area contributed by atoms with Crippen LogP contribution >= 0.6 is 11.3 Å². The Balaban J connectivity index is 1.73. The smallest absolute Gasteiger partial charge is 0.159 e. The second-order valence-electron chi connectivity index (χ2n) is 7.56. The third kappa shape index (κ3) is 5.18. The van der Waals surface area contributed by atoms with Gasteiger partial charge in [0.1, 0.15) is 0 Å². The molecule has 2 heterocycles. The van der Waals surface area contributed by atoms with Gasteiger partial charge in [-0.2, -0.15) is 11.3 Å². The molecule has 3 rings (SSSR count). The van der Waals surface area contributed by atoms with Crippen LogP contribution in [0.4, 0.5) is 5.69 Å². The number of hydrogen-bond donors (Lipinski definition) is 1. The van der Waals surface area contributed by atoms with E-state index < -0.39 is 0 Å². The first-order valence-electron chi connectivity index (χ1n) is 9.91. The minimum absolute atomic E-state index is 0.119. The van der Waals surface area contributed by atoms with Gasteiger partial charge in [0.2, 0.25) is 0 Å². The van der Waals surface area contributed by atoms with E-state index in [4.69, 9.17) is 5.73 Å². The molecule has 4 nitrogen and oxygen atoms in total. The van der Waals surface area contributed by atoms with Gasteiger partial charge in [-0.05, 0) is 86.3 Å². The summed E-state index contributed by atoms with van der Waals surface area (Å²) in [5.41, 5.74) is 9.08. The maximum atomic E-state index is 11.6. The van der Waals surface area contributed by atoms with Crippen LogP contribution in [0.2, 0.25) is 0 Å². The van der Waals surface area contributed by atoms with Crippen LogP contribution in [0.1, 0.15) is 49.0 Å². The van der Waals surface area contributed by atoms with Crippen LogP contribution in [-0.4, -0.2) is 42.4 Å². The fourth-order valence-corrected chi connectivity index (χ4v) is 4.62. The maximum Gasteiger partial charge on any atom is 0.159 e. The minimum Gasteiger partial charge on any atom is -0.364 e. The van der Waals surface area contributed by atoms with E-state index in [0.29, 0.717) is 12.1 Å². The lowest BCUT2D eigenvalue weighted by Crippen LogP contribution is -2.47. The molecule has 2 aromatic rings. The third-order valence-electron chi connectivity index (χ3n) is 5.69. The number of Topliss-reactive ketones (excluding diaryl/α,β-unsaturated/α-hetero) is 1. The molecule has 0 unspecified atom stereocenters. The molecule has 0 aliphatic carbocycles. The van der Waals surface area contributed by atoms with Gasteiger partial charge in [0.05, 0.1) is 0 Å². The highest BCUT2D eigenvalue weighted by molar-refractivity contribution is 7.07. The highest BCUT2D eigenvalue weighted by atomic mass is 32.1. The van der Waals surface area contributed by atoms with E-state index in [1.54, 1.807) is 18.3 Å². The molecule has 1 aliphatic rings. The Bertz CT molecular complexity index is 706. The molecule has 146 valence electrons. The van der Waals surface area contributed by atoms with Gasteiger partial charge < -0.3 is 15.5 Å². The summed E-state index contributed by atoms with van der Waals surface area (Å²) in [7, 11) is 0. The van der Waals surface area contributed by atoms with E-state index in [1.807, 2.05) is 12.1 Å². The molecular weight excluding hydrogens is 354 g/mol. The Hall–Kier alpha value is -1.69. The molecule has 1 aromatic carbocycles. The number of nitrogens with zero attached hydrogens (tertiary/aromatic N) is 2. The van der Waals surface area contributed by atoms with Crippen LogP contribution in [-0.2, 0) is 6.54 Å². The van der Waals surface area contributed by atoms with Crippen molar-refractivity contribution >= 4 is 22.8 Å². The van der Waals surface area contributed by atoms with Crippen LogP contribution in [0, 0.1) is 0 Å². The summed E-state index contributed by atoms with van der Waals surface area (Å²) in [5, 5.41) is 4.37. The van der Waals surface area contributed by atoms with Gasteiger partial charge in [-0.25, -0.2) is 0 Å². The second kappa shape index (κ2) is 9.49. The summed E-state index contributed by atoms with van der Waals surface area (Å²) in [6, 6.07) is 11.4. The van der Waals surface area contributed by atoms with Gasteiger partial charge in [-0.15, -0.1) is 0 Å². The van der Waals surface area contributed by atoms with Gasteiger partial charge in [0.25, 0.3) is 0 Å². The quantitative estimate of drug-likeness (QED) is 0.693. The topological polar surface area (TPSA) is 49.6 Å². The molecule has 5 heteroatoms. The average molecular weight is 386 g/mol. The van der Waals surface area contributed by atoms with Crippen molar-refractivity contribution in [2.45, 2.75) is 51.7 Å². The Labute approximate surface area is 167 Å². The molecule has 1 atom stereocenters. The van der Waals surface area contributed by atoms with Gasteiger partial charge in [0.15, 0.2) is 5.78 Å². The number of anilines is 1. The number of ketones is 1. The zero-order valence-corrected chi connectivity index (χ0v) is 17.3. The summed E-state index contributed by atoms with van der Waals surface area (Å²) < 4.78 is 0. The zero-order chi connectivity index (χ0) is 19.2. The van der Waals surface area contributed by atoms with E-state index in [0.717, 1.165) is 51.0 Å². The summed E-state index contributed by atoms with van der Waals surface area (Å²) in [5.74, 6) is 0.119. The summed E-state index contributed by atoms with van der Waals surface area (Å²) in [6.45, 7) is 7.84. The number of rotatable bonds is 8. The first-order chi connectivity index (χ1) is 13.1. The molecule has 0 saturated carbocycles. The summed E-state index contributed by atoms with van der Waals surface area (Å²) >= 11 is 1.75. The van der Waals surface area contributed by atoms with E-state index >= 15 is 0 Å². The van der Waals surface area contributed by atoms with Crippen molar-refractivity contribution in [1.29, 1.82) is 0 Å². The number of thiophene rings is 1. The van der Waals surface area contributed by atoms with Crippen LogP contribution in [0.3, 0.4) is 0 Å². The molecule has 1 aromatic heterocycles. The predicted octanol–water partition coefficient (Wildman–Crippen LogP) is 4.16. The van der Waals surface area contributed by atoms with Crippen molar-refractivity contribution in [2.75, 3.05) is 24.5 Å². The van der Waals surface area contributed by atoms with Crippen LogP contribution in [0.25, 0.3) is 0 Å². The lowest BCUT2D eigenvalue weighted by Gasteiger charge is -2.41. The second-order valence-corrected chi connectivity index (χ2v) is 8.34. The number of nitrogens with two attached hydrogens (primary N) is 1. The van der Waals surface area contributed by atoms with Crippen LogP contribution in [0.5, 0.6) is 0 Å². The standard InChI is InChI=1S/C22H31N3OS/c1-17(7-11-23)24-12-8-22(9-13-24)25(15-19-10-14-27-16-19)21-5-3-20(4-6-21)18(2)26/h3-6,10,14,16-17,22H,7-9,11-13,15,23H2,1-2H3/t17-/m1/s1. The van der Waals surface area contributed by atoms with Crippen molar-refractivity contribution < 1.29 is 4.79 Å². The Morgan fingerprint density at radius 3 is 2.52 bits per heavy atom. The van der Waals surface area contributed by atoms with Gasteiger partial charge >= 0.3 is 0 Å². The summed E-state index contributed by atoms with van der Waals surface area (Å²) in [6.07, 6.45) is 3.39. The molecule has 0 radical (unpaired) electrons. The van der Waals surface area contributed by atoms with Gasteiger partial charge in [0, 0.05) is 43.0 Å². The molecule has 27 heavy (non-hydrogen) atoms. The number of hydrogen-bond acceptors (Lipinski definition) is 5. The first kappa shape index (κ1) is 20.1. The molecule has 1 fully saturated rings. The number of benzene rings is 1. The predicted molar refractivity (Wildman–Crippen MR) is 115 cm³/mol. The highest BCUT2D eigenvalue weighted by Crippen LogP contribution is 2.28. The van der Waals surface area contributed by atoms with Crippen molar-refractivity contribution in [3.63, 3.8) is 0 Å². The van der Waals surface area contributed by atoms with Crippen molar-refractivity contribution in [3.05, 3.63) is 52.2 Å². The van der Waals surface area contributed by atoms with E-state index in [2.05, 4.69) is 45.7 Å². The minimum atomic E-state index is 0.119. The number of carbonyl (C=O) groups excluding carboxylic acids is 1. The molecule has 0 amide bonds. The van der Waals surface area contributed by atoms with Gasteiger partial charge in [-0.1, -0.05) is 0 Å². The van der Waals surface area contributed by atoms with Crippen molar-refractivity contribution in [2.24, 2.45) is 5.73 Å². The van der Waals surface area contributed by atoms with Crippen LogP contribution < -0.4 is 10.6 Å².